The summed E-state index contributed by atoms with van der Waals surface area (Å²) in [7, 11) is 0. The number of fused-ring (bicyclic) bond motifs is 1. The number of allylic oxidation sites excluding steroid dienone is 2. The van der Waals surface area contributed by atoms with E-state index in [1.165, 1.54) is 30.7 Å². The molecule has 0 radical (unpaired) electrons. The summed E-state index contributed by atoms with van der Waals surface area (Å²) >= 11 is 6.39. The molecule has 4 nitrogen and oxygen atoms in total. The predicted molar refractivity (Wildman–Crippen MR) is 129 cm³/mol. The fourth-order valence-electron chi connectivity index (χ4n) is 4.72. The minimum Gasteiger partial charge on any atom is -0.443 e. The first kappa shape index (κ1) is 20.7. The molecule has 1 fully saturated rings. The lowest BCUT2D eigenvalue weighted by Crippen LogP contribution is -2.32. The van der Waals surface area contributed by atoms with Gasteiger partial charge in [-0.2, -0.15) is 9.88 Å². The van der Waals surface area contributed by atoms with Gasteiger partial charge in [0, 0.05) is 18.8 Å². The Bertz CT molecular complexity index is 1090. The molecule has 1 unspecified atom stereocenters. The van der Waals surface area contributed by atoms with Crippen molar-refractivity contribution in [2.45, 2.75) is 39.5 Å². The fraction of sp³-hybridized carbons (Fsp3) is 0.375. The van der Waals surface area contributed by atoms with Gasteiger partial charge in [0.25, 0.3) is 6.42 Å². The van der Waals surface area contributed by atoms with E-state index in [2.05, 4.69) is 18.7 Å². The van der Waals surface area contributed by atoms with Crippen LogP contribution in [-0.2, 0) is 11.8 Å². The van der Waals surface area contributed by atoms with E-state index in [4.69, 9.17) is 21.4 Å². The lowest BCUT2D eigenvalue weighted by Gasteiger charge is -2.38. The molecule has 0 N–H and O–H groups in total. The molecule has 3 aliphatic rings. The normalized spacial score (nSPS) is 24.9. The number of hydrogen-bond donors (Lipinski definition) is 0. The van der Waals surface area contributed by atoms with Crippen LogP contribution >= 0.6 is 6.42 Å². The van der Waals surface area contributed by atoms with Gasteiger partial charge in [0.05, 0.1) is 16.7 Å². The predicted octanol–water partition coefficient (Wildman–Crippen LogP) is 6.52. The molecule has 1 atom stereocenters. The van der Waals surface area contributed by atoms with Crippen LogP contribution in [0.1, 0.15) is 39.5 Å². The number of halogens is 1. The van der Waals surface area contributed by atoms with Crippen LogP contribution in [0.2, 0.25) is 0 Å². The summed E-state index contributed by atoms with van der Waals surface area (Å²) in [5, 5.41) is 6.18. The second-order valence-electron chi connectivity index (χ2n) is 9.24. The van der Waals surface area contributed by atoms with Crippen LogP contribution in [0.5, 0.6) is 5.75 Å². The Labute approximate surface area is 188 Å². The maximum atomic E-state index is 13.5. The van der Waals surface area contributed by atoms with Gasteiger partial charge < -0.3 is 9.42 Å². The number of hydrogen-bond acceptors (Lipinski definition) is 4. The van der Waals surface area contributed by atoms with Crippen molar-refractivity contribution in [2.75, 3.05) is 17.9 Å². The van der Waals surface area contributed by atoms with E-state index in [-0.39, 0.29) is 11.2 Å². The third-order valence-electron chi connectivity index (χ3n) is 6.10. The maximum absolute atomic E-state index is 13.5. The zero-order chi connectivity index (χ0) is 21.6. The van der Waals surface area contributed by atoms with Gasteiger partial charge in [-0.25, -0.2) is 4.39 Å². The highest BCUT2D eigenvalue weighted by atomic mass is 32.4. The van der Waals surface area contributed by atoms with Crippen LogP contribution < -0.4 is 9.30 Å². The molecule has 2 aliphatic heterocycles. The van der Waals surface area contributed by atoms with Crippen molar-refractivity contribution >= 4 is 29.6 Å². The van der Waals surface area contributed by atoms with Crippen molar-refractivity contribution in [1.82, 2.24) is 4.90 Å². The van der Waals surface area contributed by atoms with Crippen molar-refractivity contribution < 1.29 is 8.91 Å². The molecule has 31 heavy (non-hydrogen) atoms. The maximum Gasteiger partial charge on any atom is 0.258 e. The number of likely N-dealkylation sites (tertiary alicyclic amines) is 1. The van der Waals surface area contributed by atoms with E-state index >= 15 is 0 Å². The van der Waals surface area contributed by atoms with Crippen molar-refractivity contribution in [3.8, 4) is 5.75 Å². The van der Waals surface area contributed by atoms with Crippen LogP contribution in [-0.4, -0.2) is 23.7 Å². The summed E-state index contributed by atoms with van der Waals surface area (Å²) in [6, 6.07) is 16.2. The van der Waals surface area contributed by atoms with Gasteiger partial charge in [-0.1, -0.05) is 32.0 Å². The number of para-hydroxylation sites is 1. The summed E-state index contributed by atoms with van der Waals surface area (Å²) in [5.74, 6) is 0.295. The first-order valence-corrected chi connectivity index (χ1v) is 13.5. The lowest BCUT2D eigenvalue weighted by atomic mass is 9.78. The number of hydrazone groups is 1. The average Bonchev–Trinajstić information content (AvgIpc) is 3.36. The van der Waals surface area contributed by atoms with Gasteiger partial charge in [0.15, 0.2) is 0 Å². The van der Waals surface area contributed by atoms with Crippen LogP contribution in [0.15, 0.2) is 70.7 Å². The summed E-state index contributed by atoms with van der Waals surface area (Å²) in [6.45, 7) is 6.72. The summed E-state index contributed by atoms with van der Waals surface area (Å²) < 4.78 is 22.1. The van der Waals surface area contributed by atoms with Crippen LogP contribution in [0.25, 0.3) is 0 Å². The van der Waals surface area contributed by atoms with Crippen molar-refractivity contribution in [1.29, 1.82) is 0 Å². The van der Waals surface area contributed by atoms with Crippen molar-refractivity contribution in [3.63, 3.8) is 0 Å². The van der Waals surface area contributed by atoms with Gasteiger partial charge in [-0.15, -0.1) is 0 Å². The second-order valence-corrected chi connectivity index (χ2v) is 12.8. The van der Waals surface area contributed by atoms with Crippen LogP contribution in [0.3, 0.4) is 0 Å². The van der Waals surface area contributed by atoms with E-state index in [1.54, 1.807) is 12.1 Å². The van der Waals surface area contributed by atoms with Crippen molar-refractivity contribution in [2.24, 2.45) is 10.5 Å². The Morgan fingerprint density at radius 2 is 1.68 bits per heavy atom. The van der Waals surface area contributed by atoms with E-state index in [9.17, 15) is 4.39 Å². The van der Waals surface area contributed by atoms with Crippen LogP contribution in [0.4, 0.5) is 10.1 Å². The third kappa shape index (κ3) is 3.81. The molecule has 0 spiro atoms. The zero-order valence-electron chi connectivity index (χ0n) is 17.9. The highest BCUT2D eigenvalue weighted by molar-refractivity contribution is 8.15. The highest BCUT2D eigenvalue weighted by Crippen LogP contribution is 2.67. The SMILES string of the molecule is CC1(C)CC2=NN(c3ccccc3)P(=S)(Oc3ccc(F)cc3)C2=C(N2CCCC2)C1. The molecule has 2 aromatic carbocycles. The number of nitrogens with zero attached hydrogens (tertiary/aromatic N) is 3. The summed E-state index contributed by atoms with van der Waals surface area (Å²) in [6.07, 6.45) is 1.48. The van der Waals surface area contributed by atoms with Gasteiger partial charge in [-0.3, -0.25) is 0 Å². The quantitative estimate of drug-likeness (QED) is 0.491. The number of rotatable bonds is 4. The highest BCUT2D eigenvalue weighted by Gasteiger charge is 2.49. The Morgan fingerprint density at radius 1 is 1.00 bits per heavy atom. The molecule has 5 rings (SSSR count). The molecule has 2 heterocycles. The molecule has 2 aromatic rings. The van der Waals surface area contributed by atoms with Gasteiger partial charge in [-0.05, 0) is 79.3 Å². The largest absolute Gasteiger partial charge is 0.443 e. The molecule has 0 amide bonds. The Kier molecular flexibility index (Phi) is 5.18. The van der Waals surface area contributed by atoms with Gasteiger partial charge in [0.1, 0.15) is 11.6 Å². The number of benzene rings is 2. The summed E-state index contributed by atoms with van der Waals surface area (Å²) in [4.78, 5) is 2.50. The molecule has 7 heteroatoms. The fourth-order valence-corrected chi connectivity index (χ4v) is 8.43. The van der Waals surface area contributed by atoms with E-state index in [1.807, 2.05) is 35.1 Å². The first-order valence-electron chi connectivity index (χ1n) is 10.8. The van der Waals surface area contributed by atoms with E-state index < -0.39 is 6.42 Å². The van der Waals surface area contributed by atoms with E-state index in [0.29, 0.717) is 5.75 Å². The molecular weight excluding hydrogens is 428 g/mol. The molecule has 0 bridgehead atoms. The first-order chi connectivity index (χ1) is 14.9. The van der Waals surface area contributed by atoms with Gasteiger partial charge >= 0.3 is 0 Å². The van der Waals surface area contributed by atoms with Crippen LogP contribution in [0, 0.1) is 11.2 Å². The molecule has 1 saturated heterocycles. The van der Waals surface area contributed by atoms with Gasteiger partial charge in [0.2, 0.25) is 0 Å². The Balaban J connectivity index is 1.68. The minimum absolute atomic E-state index is 0.114. The molecule has 0 aromatic heterocycles. The Hall–Kier alpha value is -2.17. The average molecular weight is 456 g/mol. The summed E-state index contributed by atoms with van der Waals surface area (Å²) in [5.41, 5.74) is 3.40. The van der Waals surface area contributed by atoms with Crippen molar-refractivity contribution in [3.05, 3.63) is 71.4 Å². The zero-order valence-corrected chi connectivity index (χ0v) is 19.6. The standard InChI is InChI=1S/C24H27FN3OPS/c1-24(2)16-21-23(22(17-24)27-14-6-7-15-27)30(31,29-20-12-10-18(25)11-13-20)28(26-21)19-8-4-3-5-9-19/h3-5,8-13H,6-7,14-17H2,1-2H3. The smallest absolute Gasteiger partial charge is 0.258 e. The molecular formula is C24H27FN3OPS. The molecule has 0 saturated carbocycles. The molecule has 162 valence electrons. The minimum atomic E-state index is -2.76. The van der Waals surface area contributed by atoms with E-state index in [0.717, 1.165) is 42.6 Å². The topological polar surface area (TPSA) is 28.1 Å². The third-order valence-corrected chi connectivity index (χ3v) is 9.70. The number of anilines is 1. The second kappa shape index (κ2) is 7.75. The monoisotopic (exact) mass is 455 g/mol. The Morgan fingerprint density at radius 3 is 2.35 bits per heavy atom. The lowest BCUT2D eigenvalue weighted by molar-refractivity contribution is 0.304. The molecule has 1 aliphatic carbocycles.